The van der Waals surface area contributed by atoms with E-state index < -0.39 is 12.1 Å². The molecule has 156 valence electrons. The van der Waals surface area contributed by atoms with Crippen LogP contribution in [0.1, 0.15) is 31.2 Å². The second-order valence-corrected chi connectivity index (χ2v) is 9.47. The van der Waals surface area contributed by atoms with Crippen molar-refractivity contribution in [2.45, 2.75) is 31.8 Å². The van der Waals surface area contributed by atoms with Crippen LogP contribution >= 0.6 is 0 Å². The van der Waals surface area contributed by atoms with Crippen molar-refractivity contribution >= 4 is 12.0 Å². The lowest BCUT2D eigenvalue weighted by atomic mass is 9.50. The molecule has 8 atom stereocenters. The van der Waals surface area contributed by atoms with Gasteiger partial charge in [-0.05, 0) is 66.8 Å². The molecular formula is C27H30O3. The summed E-state index contributed by atoms with van der Waals surface area (Å²) in [5.74, 6) is 3.18. The second-order valence-electron chi connectivity index (χ2n) is 9.47. The quantitative estimate of drug-likeness (QED) is 0.492. The number of carboxylic acid groups (broad SMARTS) is 1. The molecule has 3 heteroatoms. The normalized spacial score (nSPS) is 37.1. The number of aliphatic carboxylic acids is 1. The van der Waals surface area contributed by atoms with Gasteiger partial charge in [0.2, 0.25) is 0 Å². The van der Waals surface area contributed by atoms with Crippen molar-refractivity contribution in [2.75, 3.05) is 0 Å². The van der Waals surface area contributed by atoms with E-state index in [4.69, 9.17) is 0 Å². The lowest BCUT2D eigenvalue weighted by Gasteiger charge is -2.54. The number of hydrogen-bond donors (Lipinski definition) is 2. The zero-order valence-electron chi connectivity index (χ0n) is 17.2. The minimum atomic E-state index is -0.739. The summed E-state index contributed by atoms with van der Waals surface area (Å²) in [4.78, 5) is 11.6. The highest BCUT2D eigenvalue weighted by Gasteiger charge is 2.62. The van der Waals surface area contributed by atoms with Crippen LogP contribution in [0.15, 0.2) is 72.4 Å². The molecule has 4 aliphatic rings. The standard InChI is InChI=1S/C27H30O3/c28-19(9-5-4-8-17-6-2-1-3-7-17)11-13-20-21-14-15-22-23(27(29)30)12-10-18-16-24(20)26(21)25(18)22/h1-9,12,14-15,18-22,24-26,28H,10-11,13,16H2,(H,29,30). The molecule has 0 spiro atoms. The van der Waals surface area contributed by atoms with Crippen LogP contribution in [-0.2, 0) is 4.79 Å². The largest absolute Gasteiger partial charge is 0.478 e. The van der Waals surface area contributed by atoms with Gasteiger partial charge in [0.25, 0.3) is 0 Å². The van der Waals surface area contributed by atoms with Crippen LogP contribution < -0.4 is 0 Å². The topological polar surface area (TPSA) is 57.5 Å². The Hall–Kier alpha value is -2.39. The summed E-state index contributed by atoms with van der Waals surface area (Å²) in [6, 6.07) is 10.2. The third-order valence-electron chi connectivity index (χ3n) is 8.08. The molecule has 30 heavy (non-hydrogen) atoms. The minimum absolute atomic E-state index is 0.123. The summed E-state index contributed by atoms with van der Waals surface area (Å²) in [5, 5.41) is 20.0. The second kappa shape index (κ2) is 8.03. The molecular weight excluding hydrogens is 372 g/mol. The third-order valence-corrected chi connectivity index (χ3v) is 8.08. The number of aliphatic hydroxyl groups excluding tert-OH is 1. The van der Waals surface area contributed by atoms with Gasteiger partial charge in [-0.25, -0.2) is 4.79 Å². The van der Waals surface area contributed by atoms with Gasteiger partial charge in [0.15, 0.2) is 0 Å². The van der Waals surface area contributed by atoms with Crippen molar-refractivity contribution in [1.29, 1.82) is 0 Å². The Morgan fingerprint density at radius 1 is 1.13 bits per heavy atom. The van der Waals surface area contributed by atoms with Gasteiger partial charge in [-0.3, -0.25) is 0 Å². The number of carboxylic acids is 1. The Morgan fingerprint density at radius 2 is 1.97 bits per heavy atom. The summed E-state index contributed by atoms with van der Waals surface area (Å²) < 4.78 is 0. The Balaban J connectivity index is 1.17. The highest BCUT2D eigenvalue weighted by Crippen LogP contribution is 2.67. The zero-order chi connectivity index (χ0) is 20.7. The number of allylic oxidation sites excluding steroid dienone is 5. The highest BCUT2D eigenvalue weighted by atomic mass is 16.4. The Morgan fingerprint density at radius 3 is 2.77 bits per heavy atom. The predicted molar refractivity (Wildman–Crippen MR) is 118 cm³/mol. The minimum Gasteiger partial charge on any atom is -0.478 e. The maximum atomic E-state index is 11.6. The van der Waals surface area contributed by atoms with E-state index in [-0.39, 0.29) is 5.92 Å². The molecule has 2 fully saturated rings. The van der Waals surface area contributed by atoms with Crippen LogP contribution in [0.3, 0.4) is 0 Å². The highest BCUT2D eigenvalue weighted by molar-refractivity contribution is 5.88. The molecule has 0 radical (unpaired) electrons. The van der Waals surface area contributed by atoms with E-state index in [1.54, 1.807) is 0 Å². The van der Waals surface area contributed by atoms with Crippen LogP contribution in [0.2, 0.25) is 0 Å². The fourth-order valence-corrected chi connectivity index (χ4v) is 6.87. The summed E-state index contributed by atoms with van der Waals surface area (Å²) in [7, 11) is 0. The fourth-order valence-electron chi connectivity index (χ4n) is 6.87. The van der Waals surface area contributed by atoms with Gasteiger partial charge in [0.05, 0.1) is 6.10 Å². The maximum Gasteiger partial charge on any atom is 0.331 e. The maximum absolute atomic E-state index is 11.6. The monoisotopic (exact) mass is 402 g/mol. The van der Waals surface area contributed by atoms with Crippen molar-refractivity contribution in [2.24, 2.45) is 41.4 Å². The van der Waals surface area contributed by atoms with Crippen molar-refractivity contribution in [3.63, 3.8) is 0 Å². The molecule has 1 aromatic rings. The van der Waals surface area contributed by atoms with Gasteiger partial charge in [0.1, 0.15) is 0 Å². The van der Waals surface area contributed by atoms with Gasteiger partial charge >= 0.3 is 5.97 Å². The van der Waals surface area contributed by atoms with E-state index in [0.717, 1.165) is 24.8 Å². The van der Waals surface area contributed by atoms with Gasteiger partial charge in [-0.15, -0.1) is 0 Å². The average Bonchev–Trinajstić information content (AvgIpc) is 3.09. The molecule has 3 nitrogen and oxygen atoms in total. The van der Waals surface area contributed by atoms with E-state index in [0.29, 0.717) is 41.1 Å². The van der Waals surface area contributed by atoms with Crippen LogP contribution in [0.5, 0.6) is 0 Å². The zero-order valence-corrected chi connectivity index (χ0v) is 17.2. The van der Waals surface area contributed by atoms with E-state index in [2.05, 4.69) is 24.3 Å². The Bertz CT molecular complexity index is 909. The molecule has 0 amide bonds. The molecule has 0 aromatic heterocycles. The number of aliphatic hydroxyl groups is 1. The molecule has 2 saturated carbocycles. The number of hydrogen-bond acceptors (Lipinski definition) is 2. The molecule has 0 bridgehead atoms. The molecule has 0 aliphatic heterocycles. The molecule has 8 unspecified atom stereocenters. The number of benzene rings is 1. The Kier molecular flexibility index (Phi) is 5.24. The molecule has 5 rings (SSSR count). The lowest BCUT2D eigenvalue weighted by molar-refractivity contribution is -0.133. The van der Waals surface area contributed by atoms with E-state index in [9.17, 15) is 15.0 Å². The summed E-state index contributed by atoms with van der Waals surface area (Å²) >= 11 is 0. The van der Waals surface area contributed by atoms with E-state index >= 15 is 0 Å². The summed E-state index contributed by atoms with van der Waals surface area (Å²) in [6.45, 7) is 0. The number of rotatable bonds is 7. The van der Waals surface area contributed by atoms with Crippen molar-refractivity contribution in [3.8, 4) is 0 Å². The van der Waals surface area contributed by atoms with Crippen LogP contribution in [-0.4, -0.2) is 22.3 Å². The number of carbonyl (C=O) groups is 1. The van der Waals surface area contributed by atoms with Gasteiger partial charge < -0.3 is 10.2 Å². The Labute approximate surface area is 178 Å². The first kappa shape index (κ1) is 19.6. The van der Waals surface area contributed by atoms with Crippen LogP contribution in [0.4, 0.5) is 0 Å². The van der Waals surface area contributed by atoms with Gasteiger partial charge in [-0.1, -0.05) is 72.9 Å². The summed E-state index contributed by atoms with van der Waals surface area (Å²) in [6.07, 6.45) is 17.9. The van der Waals surface area contributed by atoms with Crippen molar-refractivity contribution in [1.82, 2.24) is 0 Å². The third kappa shape index (κ3) is 3.39. The van der Waals surface area contributed by atoms with E-state index in [1.165, 1.54) is 6.42 Å². The molecule has 2 N–H and O–H groups in total. The van der Waals surface area contributed by atoms with Crippen molar-refractivity contribution in [3.05, 3.63) is 77.9 Å². The fraction of sp³-hybridized carbons (Fsp3) is 0.444. The smallest absolute Gasteiger partial charge is 0.331 e. The van der Waals surface area contributed by atoms with E-state index in [1.807, 2.05) is 48.6 Å². The van der Waals surface area contributed by atoms with Gasteiger partial charge in [0, 0.05) is 11.5 Å². The first-order chi connectivity index (χ1) is 14.6. The molecule has 0 heterocycles. The van der Waals surface area contributed by atoms with Crippen LogP contribution in [0, 0.1) is 41.4 Å². The first-order valence-electron chi connectivity index (χ1n) is 11.3. The van der Waals surface area contributed by atoms with Crippen LogP contribution in [0.25, 0.3) is 6.08 Å². The van der Waals surface area contributed by atoms with Crippen molar-refractivity contribution < 1.29 is 15.0 Å². The molecule has 4 aliphatic carbocycles. The predicted octanol–water partition coefficient (Wildman–Crippen LogP) is 5.11. The summed E-state index contributed by atoms with van der Waals surface area (Å²) in [5.41, 5.74) is 1.78. The first-order valence-corrected chi connectivity index (χ1v) is 11.3. The van der Waals surface area contributed by atoms with Gasteiger partial charge in [-0.2, -0.15) is 0 Å². The SMILES string of the molecule is O=C(O)C1=CCC2CC3C(CCC(O)C=CC=Cc4ccccc4)C4C=CC1C2C43. The lowest BCUT2D eigenvalue weighted by Crippen LogP contribution is -2.49. The molecule has 0 saturated heterocycles. The average molecular weight is 403 g/mol. The molecule has 1 aromatic carbocycles.